The smallest absolute Gasteiger partial charge is 0.343 e. The van der Waals surface area contributed by atoms with Crippen LogP contribution in [-0.2, 0) is 6.61 Å². The number of carbonyl (C=O) groups excluding carboxylic acids is 1. The average Bonchev–Trinajstić information content (AvgIpc) is 3.00. The highest BCUT2D eigenvalue weighted by atomic mass is 35.5. The van der Waals surface area contributed by atoms with Gasteiger partial charge in [0.05, 0.1) is 25.2 Å². The maximum atomic E-state index is 12.7. The summed E-state index contributed by atoms with van der Waals surface area (Å²) >= 11 is 12.3. The maximum Gasteiger partial charge on any atom is 0.343 e. The van der Waals surface area contributed by atoms with E-state index in [9.17, 15) is 10.1 Å². The van der Waals surface area contributed by atoms with Gasteiger partial charge in [0, 0.05) is 27.2 Å². The first-order valence-corrected chi connectivity index (χ1v) is 14.0. The Balaban J connectivity index is 1.43. The van der Waals surface area contributed by atoms with E-state index in [1.807, 2.05) is 19.1 Å². The number of fused-ring (bicyclic) bond motifs is 1. The minimum Gasteiger partial charge on any atom is -0.497 e. The van der Waals surface area contributed by atoms with Crippen molar-refractivity contribution in [1.29, 1.82) is 5.26 Å². The number of methoxy groups -OCH3 is 1. The van der Waals surface area contributed by atoms with Gasteiger partial charge < -0.3 is 29.4 Å². The van der Waals surface area contributed by atoms with Crippen molar-refractivity contribution in [1.82, 2.24) is 0 Å². The number of carbonyl (C=O) groups is 1. The molecule has 0 spiro atoms. The highest BCUT2D eigenvalue weighted by molar-refractivity contribution is 6.35. The Hall–Kier alpha value is -4.84. The van der Waals surface area contributed by atoms with E-state index >= 15 is 0 Å². The summed E-state index contributed by atoms with van der Waals surface area (Å²) in [6.07, 6.45) is 0. The van der Waals surface area contributed by atoms with Crippen molar-refractivity contribution < 1.29 is 28.5 Å². The molecule has 1 aliphatic rings. The number of hydrogen-bond acceptors (Lipinski definition) is 8. The van der Waals surface area contributed by atoms with Crippen molar-refractivity contribution in [2.75, 3.05) is 13.7 Å². The van der Waals surface area contributed by atoms with Crippen LogP contribution >= 0.6 is 23.2 Å². The van der Waals surface area contributed by atoms with Gasteiger partial charge in [0.25, 0.3) is 0 Å². The van der Waals surface area contributed by atoms with Crippen LogP contribution in [0.5, 0.6) is 28.7 Å². The number of halogens is 2. The molecule has 1 heterocycles. The molecule has 2 N–H and O–H groups in total. The van der Waals surface area contributed by atoms with Crippen LogP contribution in [0.4, 0.5) is 0 Å². The molecule has 0 saturated carbocycles. The molecular formula is C33H26Cl2N2O6. The first kappa shape index (κ1) is 29.6. The number of allylic oxidation sites excluding steroid dienone is 1. The van der Waals surface area contributed by atoms with E-state index in [0.717, 1.165) is 11.1 Å². The van der Waals surface area contributed by atoms with Gasteiger partial charge in [-0.15, -0.1) is 0 Å². The van der Waals surface area contributed by atoms with Crippen molar-refractivity contribution >= 4 is 29.2 Å². The topological polar surface area (TPSA) is 113 Å². The van der Waals surface area contributed by atoms with Crippen LogP contribution in [0.3, 0.4) is 0 Å². The first-order chi connectivity index (χ1) is 20.8. The molecule has 0 aromatic heterocycles. The van der Waals surface area contributed by atoms with Gasteiger partial charge in [-0.25, -0.2) is 4.79 Å². The number of nitrogens with zero attached hydrogens (tertiary/aromatic N) is 1. The molecule has 0 aliphatic carbocycles. The minimum absolute atomic E-state index is 0.0469. The molecule has 4 aromatic carbocycles. The molecule has 8 nitrogen and oxygen atoms in total. The van der Waals surface area contributed by atoms with Gasteiger partial charge in [0.15, 0.2) is 11.5 Å². The molecule has 4 aromatic rings. The van der Waals surface area contributed by atoms with E-state index in [-0.39, 0.29) is 23.8 Å². The molecule has 5 rings (SSSR count). The van der Waals surface area contributed by atoms with Crippen molar-refractivity contribution in [3.63, 3.8) is 0 Å². The van der Waals surface area contributed by atoms with Crippen LogP contribution in [0.2, 0.25) is 10.0 Å². The van der Waals surface area contributed by atoms with Crippen LogP contribution in [0.1, 0.15) is 39.9 Å². The van der Waals surface area contributed by atoms with E-state index in [0.29, 0.717) is 50.8 Å². The number of ether oxygens (including phenoxy) is 5. The molecule has 43 heavy (non-hydrogen) atoms. The Bertz CT molecular complexity index is 1750. The summed E-state index contributed by atoms with van der Waals surface area (Å²) in [6, 6.07) is 24.3. The molecule has 218 valence electrons. The summed E-state index contributed by atoms with van der Waals surface area (Å²) in [5, 5.41) is 11.0. The third-order valence-corrected chi connectivity index (χ3v) is 7.31. The second-order valence-corrected chi connectivity index (χ2v) is 10.2. The Kier molecular flexibility index (Phi) is 8.96. The molecular weight excluding hydrogens is 591 g/mol. The van der Waals surface area contributed by atoms with E-state index < -0.39 is 11.9 Å². The number of nitriles is 1. The fourth-order valence-corrected chi connectivity index (χ4v) is 5.08. The van der Waals surface area contributed by atoms with Crippen LogP contribution < -0.4 is 29.4 Å². The Morgan fingerprint density at radius 3 is 2.42 bits per heavy atom. The monoisotopic (exact) mass is 616 g/mol. The number of nitrogens with two attached hydrogens (primary N) is 1. The number of benzene rings is 4. The van der Waals surface area contributed by atoms with Crippen molar-refractivity contribution in [3.05, 3.63) is 123 Å². The van der Waals surface area contributed by atoms with E-state index in [4.69, 9.17) is 52.6 Å². The summed E-state index contributed by atoms with van der Waals surface area (Å²) in [7, 11) is 1.55. The highest BCUT2D eigenvalue weighted by Gasteiger charge is 2.32. The van der Waals surface area contributed by atoms with Gasteiger partial charge in [0.1, 0.15) is 35.5 Å². The fraction of sp³-hybridized carbons (Fsp3) is 0.152. The lowest BCUT2D eigenvalue weighted by atomic mass is 9.83. The second-order valence-electron chi connectivity index (χ2n) is 9.41. The third kappa shape index (κ3) is 6.49. The van der Waals surface area contributed by atoms with E-state index in [1.54, 1.807) is 73.8 Å². The molecule has 0 amide bonds. The standard InChI is InChI=1S/C33H26Cl2N2O6/c1-3-40-30-14-20(7-13-28(30)41-18-21-4-8-22(34)15-27(21)35)31-25-12-11-24(16-29(25)43-32(37)26(31)17-36)42-33(38)19-5-9-23(39-2)10-6-19/h4-16,31H,3,18,37H2,1-2H3. The van der Waals surface area contributed by atoms with Gasteiger partial charge in [0.2, 0.25) is 5.88 Å². The summed E-state index contributed by atoms with van der Waals surface area (Å²) in [4.78, 5) is 12.7. The van der Waals surface area contributed by atoms with Gasteiger partial charge in [-0.05, 0) is 67.1 Å². The number of hydrogen-bond donors (Lipinski definition) is 1. The van der Waals surface area contributed by atoms with Crippen LogP contribution in [0.15, 0.2) is 90.3 Å². The van der Waals surface area contributed by atoms with Crippen LogP contribution in [0.25, 0.3) is 0 Å². The molecule has 1 unspecified atom stereocenters. The molecule has 0 bridgehead atoms. The predicted octanol–water partition coefficient (Wildman–Crippen LogP) is 7.42. The third-order valence-electron chi connectivity index (χ3n) is 6.73. The van der Waals surface area contributed by atoms with Crippen LogP contribution in [-0.4, -0.2) is 19.7 Å². The number of rotatable bonds is 9. The van der Waals surface area contributed by atoms with Crippen molar-refractivity contribution in [2.45, 2.75) is 19.4 Å². The predicted molar refractivity (Wildman–Crippen MR) is 162 cm³/mol. The normalized spacial score (nSPS) is 13.8. The van der Waals surface area contributed by atoms with Gasteiger partial charge in [-0.3, -0.25) is 0 Å². The van der Waals surface area contributed by atoms with E-state index in [2.05, 4.69) is 6.07 Å². The summed E-state index contributed by atoms with van der Waals surface area (Å²) < 4.78 is 28.5. The van der Waals surface area contributed by atoms with Crippen LogP contribution in [0, 0.1) is 11.3 Å². The second kappa shape index (κ2) is 13.0. The maximum absolute atomic E-state index is 12.7. The Morgan fingerprint density at radius 2 is 1.72 bits per heavy atom. The Morgan fingerprint density at radius 1 is 0.953 bits per heavy atom. The zero-order chi connectivity index (χ0) is 30.5. The van der Waals surface area contributed by atoms with Gasteiger partial charge in [-0.2, -0.15) is 5.26 Å². The quantitative estimate of drug-likeness (QED) is 0.153. The minimum atomic E-state index is -0.570. The fourth-order valence-electron chi connectivity index (χ4n) is 4.62. The zero-order valence-electron chi connectivity index (χ0n) is 23.2. The zero-order valence-corrected chi connectivity index (χ0v) is 24.7. The van der Waals surface area contributed by atoms with Gasteiger partial charge in [-0.1, -0.05) is 41.4 Å². The largest absolute Gasteiger partial charge is 0.497 e. The SMILES string of the molecule is CCOc1cc(C2C(C#N)=C(N)Oc3cc(OC(=O)c4ccc(OC)cc4)ccc32)ccc1OCc1ccc(Cl)cc1Cl. The van der Waals surface area contributed by atoms with Crippen molar-refractivity contribution in [2.24, 2.45) is 5.73 Å². The summed E-state index contributed by atoms with van der Waals surface area (Å²) in [5.74, 6) is 1.06. The lowest BCUT2D eigenvalue weighted by Gasteiger charge is -2.27. The molecule has 0 radical (unpaired) electrons. The average molecular weight is 617 g/mol. The van der Waals surface area contributed by atoms with E-state index in [1.165, 1.54) is 0 Å². The van der Waals surface area contributed by atoms with Gasteiger partial charge >= 0.3 is 5.97 Å². The summed E-state index contributed by atoms with van der Waals surface area (Å²) in [5.41, 5.74) is 8.95. The first-order valence-electron chi connectivity index (χ1n) is 13.2. The Labute approximate surface area is 258 Å². The number of esters is 1. The molecule has 0 fully saturated rings. The molecule has 1 atom stereocenters. The molecule has 10 heteroatoms. The van der Waals surface area contributed by atoms with Crippen molar-refractivity contribution in [3.8, 4) is 34.8 Å². The molecule has 0 saturated heterocycles. The highest BCUT2D eigenvalue weighted by Crippen LogP contribution is 2.45. The lowest BCUT2D eigenvalue weighted by Crippen LogP contribution is -2.21. The summed E-state index contributed by atoms with van der Waals surface area (Å²) in [6.45, 7) is 2.45. The molecule has 1 aliphatic heterocycles. The lowest BCUT2D eigenvalue weighted by molar-refractivity contribution is 0.0734.